The molecule has 21 heavy (non-hydrogen) atoms. The highest BCUT2D eigenvalue weighted by Gasteiger charge is 2.23. The second-order valence-corrected chi connectivity index (χ2v) is 6.12. The molecule has 1 aromatic carbocycles. The molecule has 1 aliphatic heterocycles. The van der Waals surface area contributed by atoms with Crippen LogP contribution >= 0.6 is 27.5 Å². The van der Waals surface area contributed by atoms with Crippen molar-refractivity contribution in [3.05, 3.63) is 34.4 Å². The summed E-state index contributed by atoms with van der Waals surface area (Å²) in [5.74, 6) is -2.05. The van der Waals surface area contributed by atoms with E-state index in [0.717, 1.165) is 43.5 Å². The van der Waals surface area contributed by atoms with E-state index in [1.165, 1.54) is 0 Å². The van der Waals surface area contributed by atoms with E-state index in [-0.39, 0.29) is 10.6 Å². The highest BCUT2D eigenvalue weighted by Crippen LogP contribution is 2.21. The molecule has 0 N–H and O–H groups in total. The number of hydrogen-bond donors (Lipinski definition) is 0. The molecule has 0 bridgehead atoms. The molecule has 7 heteroatoms. The Kier molecular flexibility index (Phi) is 5.96. The molecule has 3 nitrogen and oxygen atoms in total. The molecule has 0 radical (unpaired) electrons. The van der Waals surface area contributed by atoms with Gasteiger partial charge in [0.05, 0.1) is 10.6 Å². The number of benzene rings is 1. The first-order valence-corrected chi connectivity index (χ1v) is 8.25. The largest absolute Gasteiger partial charge is 0.337 e. The Hall–Kier alpha value is -0.720. The maximum Gasteiger partial charge on any atom is 0.256 e. The maximum absolute atomic E-state index is 13.8. The first-order chi connectivity index (χ1) is 10.0. The number of halogens is 4. The number of rotatable bonds is 3. The zero-order valence-electron chi connectivity index (χ0n) is 11.4. The molecule has 1 aliphatic rings. The van der Waals surface area contributed by atoms with Crippen molar-refractivity contribution < 1.29 is 13.6 Å². The van der Waals surface area contributed by atoms with Gasteiger partial charge in [-0.3, -0.25) is 4.79 Å². The quantitative estimate of drug-likeness (QED) is 0.593. The summed E-state index contributed by atoms with van der Waals surface area (Å²) in [6.07, 6.45) is 0.816. The molecule has 116 valence electrons. The predicted molar refractivity (Wildman–Crippen MR) is 82.1 cm³/mol. The first-order valence-electron chi connectivity index (χ1n) is 6.75. The van der Waals surface area contributed by atoms with Gasteiger partial charge in [-0.1, -0.05) is 27.5 Å². The molecule has 0 atom stereocenters. The number of nitrogens with zero attached hydrogens (tertiary/aromatic N) is 2. The normalized spacial score (nSPS) is 16.9. The van der Waals surface area contributed by atoms with Gasteiger partial charge in [0.15, 0.2) is 0 Å². The van der Waals surface area contributed by atoms with Crippen LogP contribution in [-0.4, -0.2) is 53.8 Å². The second-order valence-electron chi connectivity index (χ2n) is 4.92. The summed E-state index contributed by atoms with van der Waals surface area (Å²) in [5.41, 5.74) is -0.258. The van der Waals surface area contributed by atoms with Gasteiger partial charge in [0.2, 0.25) is 0 Å². The van der Waals surface area contributed by atoms with Gasteiger partial charge >= 0.3 is 0 Å². The molecular weight excluding hydrogens is 366 g/mol. The van der Waals surface area contributed by atoms with Crippen LogP contribution < -0.4 is 0 Å². The highest BCUT2D eigenvalue weighted by atomic mass is 79.9. The molecule has 1 aromatic rings. The van der Waals surface area contributed by atoms with Crippen LogP contribution in [0.3, 0.4) is 0 Å². The number of alkyl halides is 1. The third kappa shape index (κ3) is 4.14. The van der Waals surface area contributed by atoms with Crippen LogP contribution in [0, 0.1) is 11.6 Å². The molecular formula is C14H16BrClF2N2O. The Morgan fingerprint density at radius 2 is 1.95 bits per heavy atom. The summed E-state index contributed by atoms with van der Waals surface area (Å²) in [5, 5.41) is 0.557. The number of carbonyl (C=O) groups is 1. The van der Waals surface area contributed by atoms with Crippen molar-refractivity contribution in [3.63, 3.8) is 0 Å². The summed E-state index contributed by atoms with van der Waals surface area (Å²) in [6, 6.07) is 1.72. The molecule has 1 heterocycles. The van der Waals surface area contributed by atoms with Crippen LogP contribution in [0.2, 0.25) is 5.02 Å². The van der Waals surface area contributed by atoms with Crippen LogP contribution in [0.4, 0.5) is 8.78 Å². The van der Waals surface area contributed by atoms with Crippen molar-refractivity contribution in [2.75, 3.05) is 38.1 Å². The lowest BCUT2D eigenvalue weighted by Crippen LogP contribution is -2.36. The average molecular weight is 382 g/mol. The topological polar surface area (TPSA) is 23.6 Å². The minimum absolute atomic E-state index is 0.258. The summed E-state index contributed by atoms with van der Waals surface area (Å²) in [6.45, 7) is 3.59. The van der Waals surface area contributed by atoms with Crippen LogP contribution in [0.1, 0.15) is 16.8 Å². The van der Waals surface area contributed by atoms with Crippen molar-refractivity contribution >= 4 is 33.4 Å². The smallest absolute Gasteiger partial charge is 0.256 e. The minimum atomic E-state index is -0.784. The Balaban J connectivity index is 2.11. The number of carbonyl (C=O) groups excluding carboxylic acids is 1. The van der Waals surface area contributed by atoms with E-state index in [9.17, 15) is 13.6 Å². The molecule has 1 amide bonds. The number of amides is 1. The molecule has 2 rings (SSSR count). The molecule has 0 unspecified atom stereocenters. The zero-order chi connectivity index (χ0) is 15.4. The van der Waals surface area contributed by atoms with Crippen LogP contribution in [0.15, 0.2) is 12.1 Å². The zero-order valence-corrected chi connectivity index (χ0v) is 13.8. The summed E-state index contributed by atoms with van der Waals surface area (Å²) in [4.78, 5) is 16.2. The van der Waals surface area contributed by atoms with E-state index >= 15 is 0 Å². The van der Waals surface area contributed by atoms with Gasteiger partial charge in [0, 0.05) is 31.5 Å². The lowest BCUT2D eigenvalue weighted by molar-refractivity contribution is 0.0756. The van der Waals surface area contributed by atoms with Crippen molar-refractivity contribution in [1.82, 2.24) is 9.80 Å². The van der Waals surface area contributed by atoms with E-state index in [0.29, 0.717) is 13.1 Å². The average Bonchev–Trinajstić information content (AvgIpc) is 2.68. The first kappa shape index (κ1) is 16.6. The second kappa shape index (κ2) is 7.51. The number of hydrogen-bond acceptors (Lipinski definition) is 2. The molecule has 0 aromatic heterocycles. The van der Waals surface area contributed by atoms with Crippen molar-refractivity contribution in [2.45, 2.75) is 6.42 Å². The molecule has 0 saturated carbocycles. The van der Waals surface area contributed by atoms with Gasteiger partial charge in [-0.25, -0.2) is 8.78 Å². The molecule has 0 spiro atoms. The van der Waals surface area contributed by atoms with Gasteiger partial charge in [-0.2, -0.15) is 0 Å². The van der Waals surface area contributed by atoms with Crippen molar-refractivity contribution in [1.29, 1.82) is 0 Å². The Labute approximate surface area is 136 Å². The Morgan fingerprint density at radius 1 is 1.19 bits per heavy atom. The van der Waals surface area contributed by atoms with E-state index in [1.54, 1.807) is 4.90 Å². The van der Waals surface area contributed by atoms with E-state index in [4.69, 9.17) is 11.6 Å². The van der Waals surface area contributed by atoms with Crippen LogP contribution in [0.5, 0.6) is 0 Å². The van der Waals surface area contributed by atoms with E-state index in [2.05, 4.69) is 20.8 Å². The third-order valence-corrected chi connectivity index (χ3v) is 4.16. The fourth-order valence-corrected chi connectivity index (χ4v) is 3.03. The van der Waals surface area contributed by atoms with Crippen molar-refractivity contribution in [3.8, 4) is 0 Å². The molecule has 1 saturated heterocycles. The lowest BCUT2D eigenvalue weighted by Gasteiger charge is -2.22. The van der Waals surface area contributed by atoms with Crippen LogP contribution in [0.25, 0.3) is 0 Å². The summed E-state index contributed by atoms with van der Waals surface area (Å²) >= 11 is 8.89. The maximum atomic E-state index is 13.8. The fourth-order valence-electron chi connectivity index (χ4n) is 2.37. The Morgan fingerprint density at radius 3 is 2.67 bits per heavy atom. The fraction of sp³-hybridized carbons (Fsp3) is 0.500. The van der Waals surface area contributed by atoms with E-state index < -0.39 is 17.5 Å². The predicted octanol–water partition coefficient (Wildman–Crippen LogP) is 3.16. The third-order valence-electron chi connectivity index (χ3n) is 3.52. The van der Waals surface area contributed by atoms with Gasteiger partial charge in [-0.05, 0) is 25.1 Å². The highest BCUT2D eigenvalue weighted by molar-refractivity contribution is 9.09. The lowest BCUT2D eigenvalue weighted by atomic mass is 10.1. The van der Waals surface area contributed by atoms with Gasteiger partial charge in [0.25, 0.3) is 5.91 Å². The monoisotopic (exact) mass is 380 g/mol. The minimum Gasteiger partial charge on any atom is -0.337 e. The van der Waals surface area contributed by atoms with Gasteiger partial charge < -0.3 is 9.80 Å². The van der Waals surface area contributed by atoms with Gasteiger partial charge in [-0.15, -0.1) is 0 Å². The van der Waals surface area contributed by atoms with Crippen molar-refractivity contribution in [2.24, 2.45) is 0 Å². The molecule has 0 aliphatic carbocycles. The van der Waals surface area contributed by atoms with Crippen LogP contribution in [-0.2, 0) is 0 Å². The molecule has 1 fully saturated rings. The summed E-state index contributed by atoms with van der Waals surface area (Å²) in [7, 11) is 0. The SMILES string of the molecule is O=C(c1cc(F)c(Cl)cc1F)N1CCCN(CCBr)CC1. The van der Waals surface area contributed by atoms with E-state index in [1.807, 2.05) is 0 Å². The van der Waals surface area contributed by atoms with Gasteiger partial charge in [0.1, 0.15) is 11.6 Å². The summed E-state index contributed by atoms with van der Waals surface area (Å²) < 4.78 is 27.3. The standard InChI is InChI=1S/C14H16BrClF2N2O/c15-2-5-19-3-1-4-20(7-6-19)14(21)10-8-13(18)11(16)9-12(10)17/h8-9H,1-7H2. The Bertz CT molecular complexity index is 530.